The third kappa shape index (κ3) is 1.04. The van der Waals surface area contributed by atoms with Gasteiger partial charge in [-0.15, -0.1) is 11.3 Å². The van der Waals surface area contributed by atoms with Crippen LogP contribution in [0.2, 0.25) is 0 Å². The van der Waals surface area contributed by atoms with Crippen molar-refractivity contribution >= 4 is 39.6 Å². The van der Waals surface area contributed by atoms with Gasteiger partial charge >= 0.3 is 0 Å². The largest absolute Gasteiger partial charge is 0.255 e. The number of thiophene rings is 1. The Morgan fingerprint density at radius 3 is 3.36 bits per heavy atom. The lowest BCUT2D eigenvalue weighted by atomic mass is 10.2. The third-order valence-electron chi connectivity index (χ3n) is 2.10. The number of pyridine rings is 1. The van der Waals surface area contributed by atoms with Gasteiger partial charge in [-0.05, 0) is 24.1 Å². The first-order valence-electron chi connectivity index (χ1n) is 4.28. The predicted octanol–water partition coefficient (Wildman–Crippen LogP) is 2.96. The first kappa shape index (κ1) is 7.68. The van der Waals surface area contributed by atoms with E-state index in [1.165, 1.54) is 9.58 Å². The normalized spacial score (nSPS) is 13.1. The zero-order chi connectivity index (χ0) is 9.38. The van der Waals surface area contributed by atoms with Gasteiger partial charge in [0.25, 0.3) is 0 Å². The molecule has 0 aliphatic carbocycles. The summed E-state index contributed by atoms with van der Waals surface area (Å²) in [6, 6.07) is 4.04. The van der Waals surface area contributed by atoms with E-state index in [2.05, 4.69) is 21.9 Å². The summed E-state index contributed by atoms with van der Waals surface area (Å²) in [5.74, 6) is 2.86. The molecule has 0 atom stereocenters. The molecule has 0 spiro atoms. The maximum absolute atomic E-state index is 4.37. The fourth-order valence-corrected chi connectivity index (χ4v) is 2.51. The molecule has 0 radical (unpaired) electrons. The minimum Gasteiger partial charge on any atom is -0.255 e. The van der Waals surface area contributed by atoms with Crippen molar-refractivity contribution in [3.05, 3.63) is 35.0 Å². The standard InChI is InChI=1S/C11H6N2S/c1-2-10-11(13-5-1)8-3-6-12-7-4-9(8)14-10/h1-6H. The van der Waals surface area contributed by atoms with Crippen LogP contribution in [0, 0.1) is 0 Å². The third-order valence-corrected chi connectivity index (χ3v) is 3.20. The maximum atomic E-state index is 4.37. The fourth-order valence-electron chi connectivity index (χ4n) is 1.48. The molecule has 2 aromatic rings. The van der Waals surface area contributed by atoms with Crippen molar-refractivity contribution in [2.75, 3.05) is 0 Å². The Morgan fingerprint density at radius 1 is 1.36 bits per heavy atom. The molecule has 0 bridgehead atoms. The summed E-state index contributed by atoms with van der Waals surface area (Å²) in [4.78, 5) is 9.50. The minimum atomic E-state index is 1.05. The molecule has 2 aromatic heterocycles. The van der Waals surface area contributed by atoms with E-state index in [-0.39, 0.29) is 0 Å². The van der Waals surface area contributed by atoms with Crippen LogP contribution in [0.1, 0.15) is 10.4 Å². The van der Waals surface area contributed by atoms with Crippen molar-refractivity contribution in [3.8, 4) is 0 Å². The van der Waals surface area contributed by atoms with Crippen LogP contribution in [0.15, 0.2) is 29.5 Å². The molecular formula is C11H6N2S. The number of aromatic nitrogens is 1. The van der Waals surface area contributed by atoms with E-state index in [1.54, 1.807) is 17.5 Å². The van der Waals surface area contributed by atoms with Crippen LogP contribution < -0.4 is 0 Å². The van der Waals surface area contributed by atoms with Gasteiger partial charge < -0.3 is 0 Å². The van der Waals surface area contributed by atoms with Gasteiger partial charge in [0.2, 0.25) is 0 Å². The monoisotopic (exact) mass is 198 g/mol. The van der Waals surface area contributed by atoms with Crippen molar-refractivity contribution in [1.82, 2.24) is 4.98 Å². The minimum absolute atomic E-state index is 1.05. The molecule has 0 saturated carbocycles. The molecule has 14 heavy (non-hydrogen) atoms. The van der Waals surface area contributed by atoms with Gasteiger partial charge in [-0.25, -0.2) is 4.99 Å². The van der Waals surface area contributed by atoms with Crippen molar-refractivity contribution in [1.29, 1.82) is 0 Å². The zero-order valence-electron chi connectivity index (χ0n) is 7.27. The Bertz CT molecular complexity index is 586. The molecule has 2 nitrogen and oxygen atoms in total. The topological polar surface area (TPSA) is 25.2 Å². The van der Waals surface area contributed by atoms with Crippen molar-refractivity contribution in [2.24, 2.45) is 4.99 Å². The van der Waals surface area contributed by atoms with Gasteiger partial charge in [-0.3, -0.25) is 4.98 Å². The quantitative estimate of drug-likeness (QED) is 0.638. The number of nitrogens with zero attached hydrogens (tertiary/aromatic N) is 2. The van der Waals surface area contributed by atoms with Crippen LogP contribution in [0.5, 0.6) is 0 Å². The van der Waals surface area contributed by atoms with Crippen LogP contribution in [0.25, 0.3) is 22.4 Å². The van der Waals surface area contributed by atoms with Crippen LogP contribution >= 0.6 is 11.3 Å². The molecule has 0 amide bonds. The van der Waals surface area contributed by atoms with E-state index in [1.807, 2.05) is 24.4 Å². The Hall–Kier alpha value is -1.70. The highest BCUT2D eigenvalue weighted by Crippen LogP contribution is 2.31. The number of aliphatic imine (C=N–C) groups is 1. The second-order valence-corrected chi connectivity index (χ2v) is 4.03. The maximum Gasteiger partial charge on any atom is 0.0889 e. The summed E-state index contributed by atoms with van der Waals surface area (Å²) >= 11 is 1.72. The summed E-state index contributed by atoms with van der Waals surface area (Å²) in [5, 5.41) is 0. The van der Waals surface area contributed by atoms with Gasteiger partial charge in [0.15, 0.2) is 0 Å². The van der Waals surface area contributed by atoms with Crippen molar-refractivity contribution in [2.45, 2.75) is 0 Å². The zero-order valence-corrected chi connectivity index (χ0v) is 8.08. The van der Waals surface area contributed by atoms with Crippen LogP contribution in [0.4, 0.5) is 0 Å². The van der Waals surface area contributed by atoms with Crippen molar-refractivity contribution in [3.63, 3.8) is 0 Å². The van der Waals surface area contributed by atoms with Gasteiger partial charge in [0.1, 0.15) is 0 Å². The van der Waals surface area contributed by atoms with Gasteiger partial charge in [0.05, 0.1) is 10.2 Å². The molecule has 1 aliphatic rings. The number of fused-ring (bicyclic) bond motifs is 3. The highest BCUT2D eigenvalue weighted by Gasteiger charge is 2.08. The summed E-state index contributed by atoms with van der Waals surface area (Å²) in [7, 11) is 0. The Balaban J connectivity index is 2.46. The molecule has 1 aliphatic heterocycles. The Labute approximate surface area is 84.9 Å². The fraction of sp³-hybridized carbons (Fsp3) is 0. The van der Waals surface area contributed by atoms with Crippen molar-refractivity contribution < 1.29 is 0 Å². The van der Waals surface area contributed by atoms with E-state index in [0.29, 0.717) is 0 Å². The SMILES string of the molecule is C1=Cc2sc3cccnc3c2C=CN=1. The number of rotatable bonds is 0. The first-order valence-corrected chi connectivity index (χ1v) is 5.09. The highest BCUT2D eigenvalue weighted by atomic mass is 32.1. The average molecular weight is 198 g/mol. The summed E-state index contributed by atoms with van der Waals surface area (Å²) in [5.41, 5.74) is 2.21. The molecule has 0 fully saturated rings. The lowest BCUT2D eigenvalue weighted by molar-refractivity contribution is 1.42. The molecular weight excluding hydrogens is 192 g/mol. The predicted molar refractivity (Wildman–Crippen MR) is 60.6 cm³/mol. The van der Waals surface area contributed by atoms with E-state index in [4.69, 9.17) is 0 Å². The summed E-state index contributed by atoms with van der Waals surface area (Å²) in [6.45, 7) is 0. The molecule has 3 rings (SSSR count). The number of hydrogen-bond donors (Lipinski definition) is 0. The smallest absolute Gasteiger partial charge is 0.0889 e. The van der Waals surface area contributed by atoms with Gasteiger partial charge in [-0.1, -0.05) is 0 Å². The lowest BCUT2D eigenvalue weighted by Gasteiger charge is -1.89. The van der Waals surface area contributed by atoms with Crippen LogP contribution in [0.3, 0.4) is 0 Å². The average Bonchev–Trinajstić information content (AvgIpc) is 2.42. The molecule has 0 unspecified atom stereocenters. The van der Waals surface area contributed by atoms with E-state index >= 15 is 0 Å². The highest BCUT2D eigenvalue weighted by molar-refractivity contribution is 7.20. The molecule has 3 heterocycles. The number of hydrogen-bond acceptors (Lipinski definition) is 3. The second kappa shape index (κ2) is 2.91. The first-order chi connectivity index (χ1) is 6.95. The van der Waals surface area contributed by atoms with E-state index in [0.717, 1.165) is 11.1 Å². The molecule has 66 valence electrons. The van der Waals surface area contributed by atoms with Crippen LogP contribution in [-0.4, -0.2) is 10.9 Å². The van der Waals surface area contributed by atoms with E-state index < -0.39 is 0 Å². The second-order valence-electron chi connectivity index (χ2n) is 2.95. The summed E-state index contributed by atoms with van der Waals surface area (Å²) in [6.07, 6.45) is 7.46. The van der Waals surface area contributed by atoms with Gasteiger partial charge in [-0.2, -0.15) is 0 Å². The lowest BCUT2D eigenvalue weighted by Crippen LogP contribution is -1.75. The van der Waals surface area contributed by atoms with Gasteiger partial charge in [0, 0.05) is 28.9 Å². The Morgan fingerprint density at radius 2 is 2.36 bits per heavy atom. The van der Waals surface area contributed by atoms with Crippen LogP contribution in [-0.2, 0) is 0 Å². The molecule has 0 N–H and O–H groups in total. The molecule has 0 aromatic carbocycles. The molecule has 0 saturated heterocycles. The Kier molecular flexibility index (Phi) is 1.60. The summed E-state index contributed by atoms with van der Waals surface area (Å²) < 4.78 is 1.21. The van der Waals surface area contributed by atoms with E-state index in [9.17, 15) is 0 Å². The molecule has 3 heteroatoms.